The van der Waals surface area contributed by atoms with Crippen LogP contribution in [0.3, 0.4) is 0 Å². The molecule has 1 amide bonds. The van der Waals surface area contributed by atoms with Crippen molar-refractivity contribution in [3.05, 3.63) is 0 Å². The number of carbonyl (C=O) groups excluding carboxylic acids is 1. The highest BCUT2D eigenvalue weighted by molar-refractivity contribution is 5.76. The number of amides is 1. The normalized spacial score (nSPS) is 30.4. The van der Waals surface area contributed by atoms with Crippen LogP contribution in [0.4, 0.5) is 0 Å². The van der Waals surface area contributed by atoms with Crippen molar-refractivity contribution in [2.24, 2.45) is 11.8 Å². The van der Waals surface area contributed by atoms with Crippen LogP contribution in [-0.2, 0) is 4.79 Å². The van der Waals surface area contributed by atoms with Crippen LogP contribution in [0, 0.1) is 11.8 Å². The summed E-state index contributed by atoms with van der Waals surface area (Å²) >= 11 is 0. The molecule has 1 saturated heterocycles. The molecule has 2 unspecified atom stereocenters. The Kier molecular flexibility index (Phi) is 4.84. The molecule has 1 saturated carbocycles. The number of rotatable bonds is 4. The lowest BCUT2D eigenvalue weighted by Gasteiger charge is -2.22. The van der Waals surface area contributed by atoms with E-state index in [0.29, 0.717) is 6.04 Å². The minimum atomic E-state index is 0.280. The van der Waals surface area contributed by atoms with Gasteiger partial charge in [-0.2, -0.15) is 0 Å². The van der Waals surface area contributed by atoms with Crippen molar-refractivity contribution in [1.29, 1.82) is 0 Å². The first-order valence-corrected chi connectivity index (χ1v) is 7.24. The van der Waals surface area contributed by atoms with Gasteiger partial charge in [0.1, 0.15) is 0 Å². The summed E-state index contributed by atoms with van der Waals surface area (Å²) < 4.78 is 0. The van der Waals surface area contributed by atoms with Gasteiger partial charge < -0.3 is 10.6 Å². The Morgan fingerprint density at radius 1 is 1.24 bits per heavy atom. The molecule has 2 atom stereocenters. The van der Waals surface area contributed by atoms with Crippen LogP contribution in [0.1, 0.15) is 51.9 Å². The largest absolute Gasteiger partial charge is 0.353 e. The Morgan fingerprint density at radius 3 is 2.65 bits per heavy atom. The maximum Gasteiger partial charge on any atom is 0.220 e. The zero-order valence-electron chi connectivity index (χ0n) is 11.0. The maximum absolute atomic E-state index is 11.8. The second kappa shape index (κ2) is 6.39. The van der Waals surface area contributed by atoms with Crippen molar-refractivity contribution in [2.75, 3.05) is 13.1 Å². The van der Waals surface area contributed by atoms with Crippen molar-refractivity contribution in [1.82, 2.24) is 10.6 Å². The van der Waals surface area contributed by atoms with Gasteiger partial charge in [0.15, 0.2) is 0 Å². The third-order valence-electron chi connectivity index (χ3n) is 4.30. The van der Waals surface area contributed by atoms with E-state index in [1.54, 1.807) is 0 Å². The second-order valence-corrected chi connectivity index (χ2v) is 5.91. The zero-order valence-corrected chi connectivity index (χ0v) is 11.0. The van der Waals surface area contributed by atoms with E-state index in [-0.39, 0.29) is 5.91 Å². The van der Waals surface area contributed by atoms with Crippen LogP contribution in [0.5, 0.6) is 0 Å². The fourth-order valence-electron chi connectivity index (χ4n) is 3.14. The quantitative estimate of drug-likeness (QED) is 0.787. The summed E-state index contributed by atoms with van der Waals surface area (Å²) in [4.78, 5) is 11.8. The predicted molar refractivity (Wildman–Crippen MR) is 69.8 cm³/mol. The highest BCUT2D eigenvalue weighted by Crippen LogP contribution is 2.25. The van der Waals surface area contributed by atoms with E-state index in [2.05, 4.69) is 17.6 Å². The van der Waals surface area contributed by atoms with Crippen molar-refractivity contribution >= 4 is 5.91 Å². The Bertz CT molecular complexity index is 249. The summed E-state index contributed by atoms with van der Waals surface area (Å²) in [6, 6.07) is 0.463. The van der Waals surface area contributed by atoms with E-state index in [1.165, 1.54) is 32.1 Å². The van der Waals surface area contributed by atoms with Gasteiger partial charge in [0.2, 0.25) is 5.91 Å². The molecule has 98 valence electrons. The molecule has 0 radical (unpaired) electrons. The molecular weight excluding hydrogens is 212 g/mol. The molecule has 17 heavy (non-hydrogen) atoms. The number of hydrogen-bond donors (Lipinski definition) is 2. The van der Waals surface area contributed by atoms with E-state index >= 15 is 0 Å². The van der Waals surface area contributed by atoms with E-state index in [0.717, 1.165) is 37.8 Å². The standard InChI is InChI=1S/C14H26N2O/c1-11-2-4-13(10-11)16-14(17)5-3-12-6-8-15-9-7-12/h11-13,15H,2-10H2,1H3,(H,16,17). The number of nitrogens with one attached hydrogen (secondary N) is 2. The fraction of sp³-hybridized carbons (Fsp3) is 0.929. The number of hydrogen-bond acceptors (Lipinski definition) is 2. The van der Waals surface area contributed by atoms with Gasteiger partial charge in [0.05, 0.1) is 0 Å². The van der Waals surface area contributed by atoms with Gasteiger partial charge in [0, 0.05) is 12.5 Å². The molecule has 0 aromatic rings. The number of piperidine rings is 1. The third kappa shape index (κ3) is 4.30. The molecule has 0 aromatic carbocycles. The SMILES string of the molecule is CC1CCC(NC(=O)CCC2CCNCC2)C1. The third-order valence-corrected chi connectivity index (χ3v) is 4.30. The molecule has 0 bridgehead atoms. The molecule has 2 rings (SSSR count). The van der Waals surface area contributed by atoms with Crippen LogP contribution >= 0.6 is 0 Å². The predicted octanol–water partition coefficient (Wildman–Crippen LogP) is 2.07. The average molecular weight is 238 g/mol. The lowest BCUT2D eigenvalue weighted by Crippen LogP contribution is -2.34. The molecule has 1 aliphatic carbocycles. The fourth-order valence-corrected chi connectivity index (χ4v) is 3.14. The first kappa shape index (κ1) is 12.9. The van der Waals surface area contributed by atoms with E-state index in [4.69, 9.17) is 0 Å². The van der Waals surface area contributed by atoms with Crippen molar-refractivity contribution in [2.45, 2.75) is 57.9 Å². The summed E-state index contributed by atoms with van der Waals surface area (Å²) in [7, 11) is 0. The monoisotopic (exact) mass is 238 g/mol. The van der Waals surface area contributed by atoms with Gasteiger partial charge in [-0.3, -0.25) is 4.79 Å². The molecule has 2 fully saturated rings. The lowest BCUT2D eigenvalue weighted by atomic mass is 9.93. The molecule has 2 aliphatic rings. The Morgan fingerprint density at radius 2 is 2.00 bits per heavy atom. The topological polar surface area (TPSA) is 41.1 Å². The number of carbonyl (C=O) groups is 1. The maximum atomic E-state index is 11.8. The Hall–Kier alpha value is -0.570. The molecule has 2 N–H and O–H groups in total. The minimum Gasteiger partial charge on any atom is -0.353 e. The summed E-state index contributed by atoms with van der Waals surface area (Å²) in [5.41, 5.74) is 0. The van der Waals surface area contributed by atoms with Gasteiger partial charge >= 0.3 is 0 Å². The van der Waals surface area contributed by atoms with Crippen LogP contribution in [0.2, 0.25) is 0 Å². The smallest absolute Gasteiger partial charge is 0.220 e. The van der Waals surface area contributed by atoms with E-state index in [9.17, 15) is 4.79 Å². The van der Waals surface area contributed by atoms with Crippen LogP contribution in [0.25, 0.3) is 0 Å². The molecule has 0 spiro atoms. The summed E-state index contributed by atoms with van der Waals surface area (Å²) in [5.74, 6) is 1.84. The Labute approximate surface area is 105 Å². The van der Waals surface area contributed by atoms with Gasteiger partial charge in [-0.25, -0.2) is 0 Å². The first-order valence-electron chi connectivity index (χ1n) is 7.24. The van der Waals surface area contributed by atoms with Crippen molar-refractivity contribution < 1.29 is 4.79 Å². The second-order valence-electron chi connectivity index (χ2n) is 5.91. The summed E-state index contributed by atoms with van der Waals surface area (Å²) in [6.07, 6.45) is 7.94. The molecule has 3 nitrogen and oxygen atoms in total. The molecule has 3 heteroatoms. The van der Waals surface area contributed by atoms with Gasteiger partial charge in [-0.05, 0) is 63.5 Å². The average Bonchev–Trinajstić information content (AvgIpc) is 2.73. The lowest BCUT2D eigenvalue weighted by molar-refractivity contribution is -0.122. The van der Waals surface area contributed by atoms with Gasteiger partial charge in [-0.15, -0.1) is 0 Å². The van der Waals surface area contributed by atoms with Crippen LogP contribution in [-0.4, -0.2) is 25.0 Å². The minimum absolute atomic E-state index is 0.280. The summed E-state index contributed by atoms with van der Waals surface area (Å²) in [5, 5.41) is 6.56. The molecule has 0 aromatic heterocycles. The van der Waals surface area contributed by atoms with Crippen LogP contribution in [0.15, 0.2) is 0 Å². The van der Waals surface area contributed by atoms with Gasteiger partial charge in [-0.1, -0.05) is 6.92 Å². The van der Waals surface area contributed by atoms with Crippen molar-refractivity contribution in [3.8, 4) is 0 Å². The molecule has 1 heterocycles. The van der Waals surface area contributed by atoms with E-state index < -0.39 is 0 Å². The highest BCUT2D eigenvalue weighted by Gasteiger charge is 2.23. The van der Waals surface area contributed by atoms with Crippen molar-refractivity contribution in [3.63, 3.8) is 0 Å². The van der Waals surface area contributed by atoms with Gasteiger partial charge in [0.25, 0.3) is 0 Å². The zero-order chi connectivity index (χ0) is 12.1. The molecule has 1 aliphatic heterocycles. The van der Waals surface area contributed by atoms with E-state index in [1.807, 2.05) is 0 Å². The van der Waals surface area contributed by atoms with Crippen LogP contribution < -0.4 is 10.6 Å². The first-order chi connectivity index (χ1) is 8.24. The highest BCUT2D eigenvalue weighted by atomic mass is 16.1. The molecular formula is C14H26N2O. The summed E-state index contributed by atoms with van der Waals surface area (Å²) in [6.45, 7) is 4.54. The Balaban J connectivity index is 1.60.